The minimum Gasteiger partial charge on any atom is -0.505 e. The van der Waals surface area contributed by atoms with Crippen LogP contribution in [0.1, 0.15) is 31.4 Å². The first-order chi connectivity index (χ1) is 6.99. The van der Waals surface area contributed by atoms with Crippen molar-refractivity contribution in [1.29, 1.82) is 0 Å². The number of hydrogen-bond donors (Lipinski definition) is 2. The van der Waals surface area contributed by atoms with Crippen molar-refractivity contribution in [2.75, 3.05) is 0 Å². The smallest absolute Gasteiger partial charge is 0.201 e. The Morgan fingerprint density at radius 1 is 1.47 bits per heavy atom. The molecule has 0 amide bonds. The van der Waals surface area contributed by atoms with Crippen molar-refractivity contribution in [1.82, 2.24) is 0 Å². The lowest BCUT2D eigenvalue weighted by atomic mass is 10.0. The van der Waals surface area contributed by atoms with Crippen molar-refractivity contribution in [3.8, 4) is 5.75 Å². The number of halogens is 3. The van der Waals surface area contributed by atoms with E-state index in [1.807, 2.05) is 6.92 Å². The quantitative estimate of drug-likeness (QED) is 0.835. The van der Waals surface area contributed by atoms with Gasteiger partial charge in [0.1, 0.15) is 0 Å². The third-order valence-corrected chi connectivity index (χ3v) is 2.74. The van der Waals surface area contributed by atoms with Crippen molar-refractivity contribution in [3.63, 3.8) is 0 Å². The van der Waals surface area contributed by atoms with Crippen LogP contribution in [0.5, 0.6) is 5.75 Å². The molecule has 0 aliphatic heterocycles. The second kappa shape index (κ2) is 4.90. The Kier molecular flexibility index (Phi) is 4.04. The second-order valence-electron chi connectivity index (χ2n) is 3.32. The van der Waals surface area contributed by atoms with Crippen LogP contribution < -0.4 is 5.73 Å². The highest BCUT2D eigenvalue weighted by molar-refractivity contribution is 9.10. The molecule has 2 nitrogen and oxygen atoms in total. The number of benzene rings is 1. The largest absolute Gasteiger partial charge is 0.505 e. The van der Waals surface area contributed by atoms with Crippen molar-refractivity contribution >= 4 is 15.9 Å². The molecule has 0 fully saturated rings. The molecule has 0 heterocycles. The Morgan fingerprint density at radius 2 is 2.07 bits per heavy atom. The molecule has 0 saturated heterocycles. The SMILES string of the molecule is CCC[C@@H](N)c1cc(Br)c(F)c(F)c1O. The van der Waals surface area contributed by atoms with Gasteiger partial charge in [-0.1, -0.05) is 13.3 Å². The third kappa shape index (κ3) is 2.46. The van der Waals surface area contributed by atoms with Gasteiger partial charge >= 0.3 is 0 Å². The van der Waals surface area contributed by atoms with E-state index in [0.29, 0.717) is 6.42 Å². The van der Waals surface area contributed by atoms with Crippen LogP contribution in [0, 0.1) is 11.6 Å². The molecule has 84 valence electrons. The van der Waals surface area contributed by atoms with Crippen LogP contribution >= 0.6 is 15.9 Å². The molecule has 0 radical (unpaired) electrons. The summed E-state index contributed by atoms with van der Waals surface area (Å²) >= 11 is 2.87. The summed E-state index contributed by atoms with van der Waals surface area (Å²) < 4.78 is 26.1. The zero-order chi connectivity index (χ0) is 11.6. The maximum Gasteiger partial charge on any atom is 0.201 e. The van der Waals surface area contributed by atoms with E-state index in [4.69, 9.17) is 5.73 Å². The second-order valence-corrected chi connectivity index (χ2v) is 4.17. The molecule has 0 bridgehead atoms. The zero-order valence-electron chi connectivity index (χ0n) is 8.23. The van der Waals surface area contributed by atoms with Crippen LogP contribution in [0.25, 0.3) is 0 Å². The monoisotopic (exact) mass is 279 g/mol. The lowest BCUT2D eigenvalue weighted by Gasteiger charge is -2.14. The highest BCUT2D eigenvalue weighted by Gasteiger charge is 2.19. The molecular formula is C10H12BrF2NO. The molecule has 3 N–H and O–H groups in total. The zero-order valence-corrected chi connectivity index (χ0v) is 9.81. The van der Waals surface area contributed by atoms with E-state index < -0.39 is 23.4 Å². The lowest BCUT2D eigenvalue weighted by molar-refractivity contribution is 0.394. The molecule has 0 saturated carbocycles. The standard InChI is InChI=1S/C10H12BrF2NO/c1-2-3-7(14)5-4-6(11)8(12)9(13)10(5)15/h4,7,15H,2-3,14H2,1H3/t7-/m1/s1. The minimum atomic E-state index is -1.26. The molecule has 0 aliphatic carbocycles. The fraction of sp³-hybridized carbons (Fsp3) is 0.400. The van der Waals surface area contributed by atoms with Gasteiger partial charge in [0, 0.05) is 11.6 Å². The van der Waals surface area contributed by atoms with Crippen LogP contribution in [0.3, 0.4) is 0 Å². The Hall–Kier alpha value is -0.680. The van der Waals surface area contributed by atoms with Crippen LogP contribution in [0.4, 0.5) is 8.78 Å². The molecule has 0 unspecified atom stereocenters. The first-order valence-electron chi connectivity index (χ1n) is 4.61. The van der Waals surface area contributed by atoms with E-state index in [2.05, 4.69) is 15.9 Å². The fourth-order valence-corrected chi connectivity index (χ4v) is 1.77. The summed E-state index contributed by atoms with van der Waals surface area (Å²) in [5.74, 6) is -3.05. The lowest BCUT2D eigenvalue weighted by Crippen LogP contribution is -2.11. The molecule has 15 heavy (non-hydrogen) atoms. The van der Waals surface area contributed by atoms with Gasteiger partial charge in [0.15, 0.2) is 11.6 Å². The average molecular weight is 280 g/mol. The molecule has 1 rings (SSSR count). The Balaban J connectivity index is 3.19. The van der Waals surface area contributed by atoms with Crippen LogP contribution in [-0.4, -0.2) is 5.11 Å². The Morgan fingerprint density at radius 3 is 2.60 bits per heavy atom. The normalized spacial score (nSPS) is 12.9. The van der Waals surface area contributed by atoms with Gasteiger partial charge in [-0.25, -0.2) is 4.39 Å². The first-order valence-corrected chi connectivity index (χ1v) is 5.40. The van der Waals surface area contributed by atoms with Gasteiger partial charge in [-0.3, -0.25) is 0 Å². The molecule has 1 atom stereocenters. The highest BCUT2D eigenvalue weighted by atomic mass is 79.9. The number of phenols is 1. The van der Waals surface area contributed by atoms with Gasteiger partial charge in [-0.2, -0.15) is 4.39 Å². The van der Waals surface area contributed by atoms with E-state index in [-0.39, 0.29) is 10.0 Å². The van der Waals surface area contributed by atoms with E-state index in [9.17, 15) is 13.9 Å². The Labute approximate surface area is 95.2 Å². The minimum absolute atomic E-state index is 0.0284. The van der Waals surface area contributed by atoms with Crippen LogP contribution in [0.2, 0.25) is 0 Å². The Bertz CT molecular complexity index is 371. The van der Waals surface area contributed by atoms with Crippen molar-refractivity contribution in [3.05, 3.63) is 27.7 Å². The predicted octanol–water partition coefficient (Wildman–Crippen LogP) is 3.23. The summed E-state index contributed by atoms with van der Waals surface area (Å²) in [6.45, 7) is 1.92. The molecule has 5 heteroatoms. The van der Waals surface area contributed by atoms with Gasteiger partial charge in [0.25, 0.3) is 0 Å². The summed E-state index contributed by atoms with van der Waals surface area (Å²) in [4.78, 5) is 0. The molecule has 0 spiro atoms. The van der Waals surface area contributed by atoms with E-state index in [1.54, 1.807) is 0 Å². The van der Waals surface area contributed by atoms with Crippen LogP contribution in [-0.2, 0) is 0 Å². The summed E-state index contributed by atoms with van der Waals surface area (Å²) in [5, 5.41) is 9.38. The number of rotatable bonds is 3. The number of hydrogen-bond acceptors (Lipinski definition) is 2. The molecule has 1 aromatic rings. The van der Waals surface area contributed by atoms with Crippen molar-refractivity contribution < 1.29 is 13.9 Å². The van der Waals surface area contributed by atoms with Gasteiger partial charge in [-0.05, 0) is 28.4 Å². The summed E-state index contributed by atoms with van der Waals surface area (Å²) in [6.07, 6.45) is 1.41. The van der Waals surface area contributed by atoms with Crippen molar-refractivity contribution in [2.45, 2.75) is 25.8 Å². The van der Waals surface area contributed by atoms with Crippen LogP contribution in [0.15, 0.2) is 10.5 Å². The summed E-state index contributed by atoms with van der Waals surface area (Å²) in [7, 11) is 0. The van der Waals surface area contributed by atoms with E-state index in [1.165, 1.54) is 6.07 Å². The molecule has 1 aromatic carbocycles. The van der Waals surface area contributed by atoms with Crippen molar-refractivity contribution in [2.24, 2.45) is 5.73 Å². The molecule has 0 aliphatic rings. The van der Waals surface area contributed by atoms with Gasteiger partial charge in [-0.15, -0.1) is 0 Å². The van der Waals surface area contributed by atoms with E-state index >= 15 is 0 Å². The maximum absolute atomic E-state index is 13.1. The van der Waals surface area contributed by atoms with Gasteiger partial charge in [0.05, 0.1) is 4.47 Å². The van der Waals surface area contributed by atoms with E-state index in [0.717, 1.165) is 6.42 Å². The maximum atomic E-state index is 13.1. The number of aromatic hydroxyl groups is 1. The van der Waals surface area contributed by atoms with Gasteiger partial charge in [0.2, 0.25) is 5.82 Å². The molecule has 0 aromatic heterocycles. The third-order valence-electron chi connectivity index (χ3n) is 2.17. The first kappa shape index (κ1) is 12.4. The summed E-state index contributed by atoms with van der Waals surface area (Å²) in [5.41, 5.74) is 5.95. The predicted molar refractivity (Wildman–Crippen MR) is 57.6 cm³/mol. The molecular weight excluding hydrogens is 268 g/mol. The average Bonchev–Trinajstić information content (AvgIpc) is 2.20. The fourth-order valence-electron chi connectivity index (χ4n) is 1.35. The topological polar surface area (TPSA) is 46.2 Å². The summed E-state index contributed by atoms with van der Waals surface area (Å²) in [6, 6.07) is 0.829. The number of phenolic OH excluding ortho intramolecular Hbond substituents is 1. The highest BCUT2D eigenvalue weighted by Crippen LogP contribution is 2.33. The number of nitrogens with two attached hydrogens (primary N) is 1. The van der Waals surface area contributed by atoms with Gasteiger partial charge < -0.3 is 10.8 Å².